The molecule has 0 atom stereocenters. The largest absolute Gasteiger partial charge is 0.488 e. The predicted octanol–water partition coefficient (Wildman–Crippen LogP) is 5.13. The van der Waals surface area contributed by atoms with Crippen molar-refractivity contribution in [3.05, 3.63) is 77.2 Å². The van der Waals surface area contributed by atoms with Crippen LogP contribution in [0.15, 0.2) is 54.9 Å². The van der Waals surface area contributed by atoms with Crippen LogP contribution in [0.25, 0.3) is 22.0 Å². The van der Waals surface area contributed by atoms with Crippen LogP contribution in [0, 0.1) is 20.8 Å². The van der Waals surface area contributed by atoms with Crippen molar-refractivity contribution in [2.75, 3.05) is 0 Å². The van der Waals surface area contributed by atoms with Crippen LogP contribution in [0.2, 0.25) is 0 Å². The van der Waals surface area contributed by atoms with E-state index in [0.717, 1.165) is 33.5 Å². The molecule has 0 radical (unpaired) electrons. The number of benzene rings is 2. The number of aromatic amines is 1. The lowest BCUT2D eigenvalue weighted by Crippen LogP contribution is -1.99. The zero-order valence-electron chi connectivity index (χ0n) is 15.2. The lowest BCUT2D eigenvalue weighted by Gasteiger charge is -2.13. The topological polar surface area (TPSA) is 50.8 Å². The minimum Gasteiger partial charge on any atom is -0.488 e. The summed E-state index contributed by atoms with van der Waals surface area (Å²) in [7, 11) is 0. The van der Waals surface area contributed by atoms with Crippen LogP contribution in [0.5, 0.6) is 5.75 Å². The highest BCUT2D eigenvalue weighted by Gasteiger charge is 2.11. The molecule has 0 aliphatic carbocycles. The monoisotopic (exact) mass is 343 g/mol. The van der Waals surface area contributed by atoms with Gasteiger partial charge in [0.05, 0.1) is 11.9 Å². The van der Waals surface area contributed by atoms with Gasteiger partial charge in [0.2, 0.25) is 0 Å². The maximum absolute atomic E-state index is 6.07. The van der Waals surface area contributed by atoms with Gasteiger partial charge in [-0.25, -0.2) is 0 Å². The molecule has 0 fully saturated rings. The first-order valence-electron chi connectivity index (χ1n) is 8.71. The smallest absolute Gasteiger partial charge is 0.129 e. The summed E-state index contributed by atoms with van der Waals surface area (Å²) in [5.74, 6) is 0.899. The normalized spacial score (nSPS) is 11.0. The van der Waals surface area contributed by atoms with Crippen molar-refractivity contribution in [1.29, 1.82) is 0 Å². The van der Waals surface area contributed by atoms with Crippen LogP contribution in [0.4, 0.5) is 0 Å². The molecule has 2 aromatic heterocycles. The van der Waals surface area contributed by atoms with E-state index in [2.05, 4.69) is 53.3 Å². The van der Waals surface area contributed by atoms with Crippen molar-refractivity contribution < 1.29 is 4.74 Å². The van der Waals surface area contributed by atoms with Gasteiger partial charge in [-0.15, -0.1) is 0 Å². The molecule has 130 valence electrons. The van der Waals surface area contributed by atoms with Crippen molar-refractivity contribution in [2.45, 2.75) is 27.4 Å². The summed E-state index contributed by atoms with van der Waals surface area (Å²) < 4.78 is 6.07. The maximum atomic E-state index is 6.07. The van der Waals surface area contributed by atoms with Crippen LogP contribution in [-0.4, -0.2) is 15.2 Å². The molecule has 0 saturated heterocycles. The number of nitrogens with one attached hydrogen (secondary N) is 1. The number of rotatable bonds is 4. The summed E-state index contributed by atoms with van der Waals surface area (Å²) in [4.78, 5) is 3.21. The second kappa shape index (κ2) is 6.64. The van der Waals surface area contributed by atoms with Gasteiger partial charge in [-0.05, 0) is 61.2 Å². The molecule has 2 aromatic carbocycles. The summed E-state index contributed by atoms with van der Waals surface area (Å²) in [5.41, 5.74) is 7.92. The van der Waals surface area contributed by atoms with Crippen LogP contribution >= 0.6 is 0 Å². The second-order valence-electron chi connectivity index (χ2n) is 6.62. The van der Waals surface area contributed by atoms with Gasteiger partial charge in [-0.1, -0.05) is 24.3 Å². The fraction of sp³-hybridized carbons (Fsp3) is 0.182. The average molecular weight is 343 g/mol. The fourth-order valence-corrected chi connectivity index (χ4v) is 3.45. The van der Waals surface area contributed by atoms with Gasteiger partial charge < -0.3 is 9.72 Å². The molecular weight excluding hydrogens is 322 g/mol. The number of aryl methyl sites for hydroxylation is 3. The Labute approximate surface area is 152 Å². The zero-order chi connectivity index (χ0) is 18.1. The SMILES string of the molecule is Cc1cc(COc2cccc3[nH]ccc23)ccc1-c1c(C)cnnc1C. The van der Waals surface area contributed by atoms with Crippen molar-refractivity contribution in [1.82, 2.24) is 15.2 Å². The molecule has 0 spiro atoms. The highest BCUT2D eigenvalue weighted by Crippen LogP contribution is 2.30. The van der Waals surface area contributed by atoms with E-state index >= 15 is 0 Å². The maximum Gasteiger partial charge on any atom is 0.129 e. The molecule has 0 aliphatic rings. The summed E-state index contributed by atoms with van der Waals surface area (Å²) >= 11 is 0. The van der Waals surface area contributed by atoms with Gasteiger partial charge in [-0.3, -0.25) is 0 Å². The minimum atomic E-state index is 0.540. The van der Waals surface area contributed by atoms with E-state index in [1.807, 2.05) is 37.5 Å². The molecule has 0 saturated carbocycles. The van der Waals surface area contributed by atoms with Gasteiger partial charge in [-0.2, -0.15) is 10.2 Å². The van der Waals surface area contributed by atoms with Gasteiger partial charge in [0.15, 0.2) is 0 Å². The number of H-pyrrole nitrogens is 1. The first-order valence-corrected chi connectivity index (χ1v) is 8.71. The molecule has 2 heterocycles. The Morgan fingerprint density at radius 3 is 2.69 bits per heavy atom. The average Bonchev–Trinajstić information content (AvgIpc) is 3.10. The Bertz CT molecular complexity index is 1060. The van der Waals surface area contributed by atoms with E-state index in [9.17, 15) is 0 Å². The standard InChI is InChI=1S/C22H21N3O/c1-14-11-17(7-8-18(14)22-15(2)12-24-25-16(22)3)13-26-21-6-4-5-20-19(21)9-10-23-20/h4-12,23H,13H2,1-3H3. The lowest BCUT2D eigenvalue weighted by atomic mass is 9.95. The van der Waals surface area contributed by atoms with E-state index in [4.69, 9.17) is 4.74 Å². The first kappa shape index (κ1) is 16.3. The van der Waals surface area contributed by atoms with E-state index in [1.165, 1.54) is 16.7 Å². The van der Waals surface area contributed by atoms with Gasteiger partial charge in [0, 0.05) is 22.7 Å². The Balaban J connectivity index is 1.60. The number of ether oxygens (including phenoxy) is 1. The third-order valence-electron chi connectivity index (χ3n) is 4.72. The third kappa shape index (κ3) is 2.94. The molecule has 4 heteroatoms. The lowest BCUT2D eigenvalue weighted by molar-refractivity contribution is 0.310. The van der Waals surface area contributed by atoms with Crippen molar-refractivity contribution in [3.63, 3.8) is 0 Å². The molecule has 4 nitrogen and oxygen atoms in total. The summed E-state index contributed by atoms with van der Waals surface area (Å²) in [6, 6.07) is 14.6. The van der Waals surface area contributed by atoms with Crippen molar-refractivity contribution in [2.24, 2.45) is 0 Å². The van der Waals surface area contributed by atoms with Crippen LogP contribution in [0.3, 0.4) is 0 Å². The van der Waals surface area contributed by atoms with Gasteiger partial charge in [0.1, 0.15) is 12.4 Å². The Kier molecular flexibility index (Phi) is 4.17. The Hall–Kier alpha value is -3.14. The highest BCUT2D eigenvalue weighted by atomic mass is 16.5. The zero-order valence-corrected chi connectivity index (χ0v) is 15.2. The number of aromatic nitrogens is 3. The Morgan fingerprint density at radius 2 is 1.88 bits per heavy atom. The van der Waals surface area contributed by atoms with E-state index in [1.54, 1.807) is 0 Å². The van der Waals surface area contributed by atoms with E-state index in [-0.39, 0.29) is 0 Å². The van der Waals surface area contributed by atoms with E-state index < -0.39 is 0 Å². The molecule has 0 bridgehead atoms. The van der Waals surface area contributed by atoms with Crippen LogP contribution < -0.4 is 4.74 Å². The molecular formula is C22H21N3O. The minimum absolute atomic E-state index is 0.540. The second-order valence-corrected chi connectivity index (χ2v) is 6.62. The van der Waals surface area contributed by atoms with Crippen molar-refractivity contribution >= 4 is 10.9 Å². The predicted molar refractivity (Wildman–Crippen MR) is 104 cm³/mol. The first-order chi connectivity index (χ1) is 12.6. The number of nitrogens with zero attached hydrogens (tertiary/aromatic N) is 2. The summed E-state index contributed by atoms with van der Waals surface area (Å²) in [5, 5.41) is 9.34. The number of fused-ring (bicyclic) bond motifs is 1. The van der Waals surface area contributed by atoms with Gasteiger partial charge in [0.25, 0.3) is 0 Å². The van der Waals surface area contributed by atoms with Crippen molar-refractivity contribution in [3.8, 4) is 16.9 Å². The number of hydrogen-bond acceptors (Lipinski definition) is 3. The quantitative estimate of drug-likeness (QED) is 0.559. The van der Waals surface area contributed by atoms with E-state index in [0.29, 0.717) is 6.61 Å². The Morgan fingerprint density at radius 1 is 1.00 bits per heavy atom. The molecule has 26 heavy (non-hydrogen) atoms. The highest BCUT2D eigenvalue weighted by molar-refractivity contribution is 5.85. The number of hydrogen-bond donors (Lipinski definition) is 1. The molecule has 1 N–H and O–H groups in total. The third-order valence-corrected chi connectivity index (χ3v) is 4.72. The molecule has 4 aromatic rings. The molecule has 0 aliphatic heterocycles. The fourth-order valence-electron chi connectivity index (χ4n) is 3.45. The van der Waals surface area contributed by atoms with Gasteiger partial charge >= 0.3 is 0 Å². The summed E-state index contributed by atoms with van der Waals surface area (Å²) in [6.07, 6.45) is 3.75. The summed E-state index contributed by atoms with van der Waals surface area (Å²) in [6.45, 7) is 6.75. The molecule has 4 rings (SSSR count). The molecule has 0 unspecified atom stereocenters. The van der Waals surface area contributed by atoms with Crippen LogP contribution in [-0.2, 0) is 6.61 Å². The molecule has 0 amide bonds. The van der Waals surface area contributed by atoms with Crippen LogP contribution in [0.1, 0.15) is 22.4 Å².